The van der Waals surface area contributed by atoms with Gasteiger partial charge in [0, 0.05) is 6.42 Å². The first-order chi connectivity index (χ1) is 14.3. The van der Waals surface area contributed by atoms with Gasteiger partial charge in [-0.25, -0.2) is 0 Å². The molecule has 2 nitrogen and oxygen atoms in total. The third kappa shape index (κ3) is 24.1. The summed E-state index contributed by atoms with van der Waals surface area (Å²) in [5, 5.41) is 0. The molecule has 0 N–H and O–H groups in total. The van der Waals surface area contributed by atoms with Crippen LogP contribution in [0.1, 0.15) is 97.3 Å². The van der Waals surface area contributed by atoms with Crippen LogP contribution in [0.2, 0.25) is 0 Å². The van der Waals surface area contributed by atoms with Gasteiger partial charge in [0.15, 0.2) is 0 Å². The normalized spacial score (nSPS) is 12.5. The van der Waals surface area contributed by atoms with E-state index in [2.05, 4.69) is 67.7 Å². The topological polar surface area (TPSA) is 26.3 Å². The Morgan fingerprint density at radius 3 is 1.66 bits per heavy atom. The van der Waals surface area contributed by atoms with Crippen molar-refractivity contribution in [2.24, 2.45) is 0 Å². The van der Waals surface area contributed by atoms with Crippen LogP contribution in [-0.2, 0) is 9.53 Å². The zero-order valence-electron chi connectivity index (χ0n) is 19.0. The van der Waals surface area contributed by atoms with E-state index >= 15 is 0 Å². The molecule has 0 heterocycles. The number of unbranched alkanes of at least 4 members (excludes halogenated alkanes) is 5. The zero-order valence-corrected chi connectivity index (χ0v) is 19.0. The summed E-state index contributed by atoms with van der Waals surface area (Å²) in [5.41, 5.74) is 0. The number of hydrogen-bond donors (Lipinski definition) is 0. The number of allylic oxidation sites excluding steroid dienone is 10. The Bertz CT molecular complexity index is 495. The average Bonchev–Trinajstić information content (AvgIpc) is 2.73. The molecule has 0 amide bonds. The predicted octanol–water partition coefficient (Wildman–Crippen LogP) is 8.42. The van der Waals surface area contributed by atoms with E-state index in [0.29, 0.717) is 13.0 Å². The molecule has 0 radical (unpaired) electrons. The molecule has 0 aliphatic heterocycles. The number of ether oxygens (including phenoxy) is 1. The fourth-order valence-electron chi connectivity index (χ4n) is 2.72. The van der Waals surface area contributed by atoms with Gasteiger partial charge in [-0.1, -0.05) is 93.9 Å². The van der Waals surface area contributed by atoms with Crippen molar-refractivity contribution >= 4 is 5.97 Å². The molecule has 0 rings (SSSR count). The molecule has 0 aliphatic carbocycles. The second kappa shape index (κ2) is 24.2. The first-order valence-corrected chi connectivity index (χ1v) is 11.7. The van der Waals surface area contributed by atoms with Crippen molar-refractivity contribution < 1.29 is 9.53 Å². The van der Waals surface area contributed by atoms with Gasteiger partial charge >= 0.3 is 5.97 Å². The minimum absolute atomic E-state index is 0.0365. The molecule has 0 fully saturated rings. The Morgan fingerprint density at radius 2 is 1.10 bits per heavy atom. The van der Waals surface area contributed by atoms with Crippen LogP contribution < -0.4 is 0 Å². The SMILES string of the molecule is CCC=CCC=CCC=CCC=CC/C=C\CCCCCCCC(=O)OCCC. The lowest BCUT2D eigenvalue weighted by Gasteiger charge is -2.02. The minimum Gasteiger partial charge on any atom is -0.466 e. The van der Waals surface area contributed by atoms with Crippen molar-refractivity contribution in [1.29, 1.82) is 0 Å². The van der Waals surface area contributed by atoms with Crippen molar-refractivity contribution in [3.05, 3.63) is 60.8 Å². The van der Waals surface area contributed by atoms with E-state index in [9.17, 15) is 4.79 Å². The van der Waals surface area contributed by atoms with E-state index in [1.165, 1.54) is 19.3 Å². The summed E-state index contributed by atoms with van der Waals surface area (Å²) in [4.78, 5) is 11.4. The Balaban J connectivity index is 3.39. The second-order valence-electron chi connectivity index (χ2n) is 7.23. The number of rotatable bonds is 19. The molecule has 0 bridgehead atoms. The van der Waals surface area contributed by atoms with Crippen molar-refractivity contribution in [3.63, 3.8) is 0 Å². The van der Waals surface area contributed by atoms with Crippen LogP contribution in [-0.4, -0.2) is 12.6 Å². The lowest BCUT2D eigenvalue weighted by atomic mass is 10.1. The van der Waals surface area contributed by atoms with Crippen LogP contribution in [0.3, 0.4) is 0 Å². The molecule has 0 atom stereocenters. The van der Waals surface area contributed by atoms with Gasteiger partial charge in [-0.05, 0) is 57.8 Å². The highest BCUT2D eigenvalue weighted by molar-refractivity contribution is 5.69. The zero-order chi connectivity index (χ0) is 21.3. The first kappa shape index (κ1) is 27.2. The van der Waals surface area contributed by atoms with Crippen LogP contribution in [0.15, 0.2) is 60.8 Å². The van der Waals surface area contributed by atoms with E-state index in [0.717, 1.165) is 57.8 Å². The first-order valence-electron chi connectivity index (χ1n) is 11.7. The molecule has 0 saturated heterocycles. The Labute approximate surface area is 180 Å². The summed E-state index contributed by atoms with van der Waals surface area (Å²) < 4.78 is 5.07. The summed E-state index contributed by atoms with van der Waals surface area (Å²) in [6, 6.07) is 0. The molecule has 0 aromatic carbocycles. The Hall–Kier alpha value is -1.83. The molecule has 164 valence electrons. The van der Waals surface area contributed by atoms with Gasteiger partial charge < -0.3 is 4.74 Å². The van der Waals surface area contributed by atoms with Crippen LogP contribution >= 0.6 is 0 Å². The molecular weight excluding hydrogens is 356 g/mol. The van der Waals surface area contributed by atoms with E-state index in [1.807, 2.05) is 6.92 Å². The Kier molecular flexibility index (Phi) is 22.7. The fourth-order valence-corrected chi connectivity index (χ4v) is 2.72. The Morgan fingerprint density at radius 1 is 0.621 bits per heavy atom. The molecule has 0 saturated carbocycles. The highest BCUT2D eigenvalue weighted by Gasteiger charge is 2.00. The van der Waals surface area contributed by atoms with Gasteiger partial charge in [0.05, 0.1) is 6.61 Å². The van der Waals surface area contributed by atoms with Crippen molar-refractivity contribution in [2.45, 2.75) is 97.3 Å². The van der Waals surface area contributed by atoms with Crippen LogP contribution in [0, 0.1) is 0 Å². The summed E-state index contributed by atoms with van der Waals surface area (Å²) in [7, 11) is 0. The highest BCUT2D eigenvalue weighted by Crippen LogP contribution is 2.08. The third-order valence-electron chi connectivity index (χ3n) is 4.38. The maximum absolute atomic E-state index is 11.4. The van der Waals surface area contributed by atoms with Gasteiger partial charge in [0.2, 0.25) is 0 Å². The van der Waals surface area contributed by atoms with Crippen molar-refractivity contribution in [3.8, 4) is 0 Å². The lowest BCUT2D eigenvalue weighted by Crippen LogP contribution is -2.04. The predicted molar refractivity (Wildman–Crippen MR) is 128 cm³/mol. The molecule has 2 heteroatoms. The quantitative estimate of drug-likeness (QED) is 0.123. The molecule has 0 aliphatic rings. The molecule has 0 spiro atoms. The molecular formula is C27H44O2. The second-order valence-corrected chi connectivity index (χ2v) is 7.23. The largest absolute Gasteiger partial charge is 0.466 e. The third-order valence-corrected chi connectivity index (χ3v) is 4.38. The van der Waals surface area contributed by atoms with Crippen molar-refractivity contribution in [1.82, 2.24) is 0 Å². The lowest BCUT2D eigenvalue weighted by molar-refractivity contribution is -0.143. The molecule has 29 heavy (non-hydrogen) atoms. The highest BCUT2D eigenvalue weighted by atomic mass is 16.5. The fraction of sp³-hybridized carbons (Fsp3) is 0.593. The minimum atomic E-state index is -0.0365. The molecule has 0 aromatic rings. The van der Waals surface area contributed by atoms with E-state index < -0.39 is 0 Å². The van der Waals surface area contributed by atoms with E-state index in [4.69, 9.17) is 4.74 Å². The number of carbonyl (C=O) groups is 1. The van der Waals surface area contributed by atoms with E-state index in [1.54, 1.807) is 0 Å². The van der Waals surface area contributed by atoms with Crippen LogP contribution in [0.5, 0.6) is 0 Å². The summed E-state index contributed by atoms with van der Waals surface area (Å²) in [5.74, 6) is -0.0365. The molecule has 0 aromatic heterocycles. The maximum Gasteiger partial charge on any atom is 0.305 e. The summed E-state index contributed by atoms with van der Waals surface area (Å²) in [6.07, 6.45) is 36.0. The standard InChI is InChI=1S/C27H44O2/c1-3-5-6-7-8-9-10-11-12-13-14-15-16-17-18-19-20-21-22-23-24-25-27(28)29-26-4-2/h5-6,8-9,11-12,14-15,17-18H,3-4,7,10,13,16,19-26H2,1-2H3/b6-5?,9-8?,12-11?,15-14?,18-17-. The van der Waals surface area contributed by atoms with Crippen LogP contribution in [0.25, 0.3) is 0 Å². The van der Waals surface area contributed by atoms with Gasteiger partial charge in [-0.3, -0.25) is 4.79 Å². The smallest absolute Gasteiger partial charge is 0.305 e. The number of esters is 1. The van der Waals surface area contributed by atoms with Gasteiger partial charge in [-0.2, -0.15) is 0 Å². The van der Waals surface area contributed by atoms with Crippen LogP contribution in [0.4, 0.5) is 0 Å². The van der Waals surface area contributed by atoms with Gasteiger partial charge in [0.25, 0.3) is 0 Å². The summed E-state index contributed by atoms with van der Waals surface area (Å²) in [6.45, 7) is 4.74. The van der Waals surface area contributed by atoms with Crippen molar-refractivity contribution in [2.75, 3.05) is 6.61 Å². The average molecular weight is 401 g/mol. The molecule has 0 unspecified atom stereocenters. The maximum atomic E-state index is 11.4. The number of hydrogen-bond acceptors (Lipinski definition) is 2. The number of carbonyl (C=O) groups excluding carboxylic acids is 1. The monoisotopic (exact) mass is 400 g/mol. The van der Waals surface area contributed by atoms with Gasteiger partial charge in [0.1, 0.15) is 0 Å². The van der Waals surface area contributed by atoms with E-state index in [-0.39, 0.29) is 5.97 Å². The summed E-state index contributed by atoms with van der Waals surface area (Å²) >= 11 is 0. The van der Waals surface area contributed by atoms with Gasteiger partial charge in [-0.15, -0.1) is 0 Å².